The molecule has 0 N–H and O–H groups in total. The Kier molecular flexibility index (Phi) is 7.46. The van der Waals surface area contributed by atoms with E-state index in [1.165, 1.54) is 30.1 Å². The molecular weight excluding hydrogens is 378 g/mol. The molecule has 0 aromatic heterocycles. The van der Waals surface area contributed by atoms with Crippen LogP contribution in [0.5, 0.6) is 0 Å². The highest BCUT2D eigenvalue weighted by atomic mass is 16.5. The van der Waals surface area contributed by atoms with Crippen molar-refractivity contribution in [3.63, 3.8) is 0 Å². The first-order chi connectivity index (χ1) is 13.8. The van der Waals surface area contributed by atoms with Gasteiger partial charge < -0.3 is 14.5 Å². The summed E-state index contributed by atoms with van der Waals surface area (Å²) in [5, 5.41) is 0. The van der Waals surface area contributed by atoms with Crippen molar-refractivity contribution in [2.45, 2.75) is 26.7 Å². The van der Waals surface area contributed by atoms with Crippen LogP contribution in [-0.4, -0.2) is 72.7 Å². The van der Waals surface area contributed by atoms with E-state index in [0.29, 0.717) is 18.8 Å². The SMILES string of the molecule is CCN(CC)C(=O)CN(C)C(=O)COC(=O)c1cccc(N2C(=O)CCC2=O)c1. The van der Waals surface area contributed by atoms with Crippen LogP contribution >= 0.6 is 0 Å². The predicted octanol–water partition coefficient (Wildman–Crippen LogP) is 0.824. The maximum atomic E-state index is 12.3. The first-order valence-electron chi connectivity index (χ1n) is 9.43. The molecule has 1 fully saturated rings. The molecule has 29 heavy (non-hydrogen) atoms. The number of amides is 4. The quantitative estimate of drug-likeness (QED) is 0.470. The molecule has 1 saturated heterocycles. The first kappa shape index (κ1) is 22.1. The summed E-state index contributed by atoms with van der Waals surface area (Å²) in [6, 6.07) is 5.92. The maximum absolute atomic E-state index is 12.3. The van der Waals surface area contributed by atoms with Gasteiger partial charge in [0.15, 0.2) is 6.61 Å². The average molecular weight is 403 g/mol. The van der Waals surface area contributed by atoms with Crippen LogP contribution in [0.25, 0.3) is 0 Å². The van der Waals surface area contributed by atoms with Gasteiger partial charge in [0.25, 0.3) is 5.91 Å². The lowest BCUT2D eigenvalue weighted by Gasteiger charge is -2.23. The summed E-state index contributed by atoms with van der Waals surface area (Å²) in [6.45, 7) is 4.17. The molecule has 1 aromatic carbocycles. The molecule has 1 heterocycles. The summed E-state index contributed by atoms with van der Waals surface area (Å²) >= 11 is 0. The second-order valence-electron chi connectivity index (χ2n) is 6.57. The highest BCUT2D eigenvalue weighted by molar-refractivity contribution is 6.20. The van der Waals surface area contributed by atoms with Crippen molar-refractivity contribution in [1.29, 1.82) is 0 Å². The minimum atomic E-state index is -0.761. The van der Waals surface area contributed by atoms with Crippen molar-refractivity contribution in [3.8, 4) is 0 Å². The molecule has 0 atom stereocenters. The van der Waals surface area contributed by atoms with Gasteiger partial charge in [-0.3, -0.25) is 24.1 Å². The Hall–Kier alpha value is -3.23. The summed E-state index contributed by atoms with van der Waals surface area (Å²) in [6.07, 6.45) is 0.279. The van der Waals surface area contributed by atoms with Crippen molar-refractivity contribution < 1.29 is 28.7 Å². The van der Waals surface area contributed by atoms with Gasteiger partial charge in [0.2, 0.25) is 17.7 Å². The second-order valence-corrected chi connectivity index (χ2v) is 6.57. The van der Waals surface area contributed by atoms with E-state index >= 15 is 0 Å². The van der Waals surface area contributed by atoms with Crippen molar-refractivity contribution in [2.75, 3.05) is 38.2 Å². The van der Waals surface area contributed by atoms with E-state index in [4.69, 9.17) is 4.74 Å². The fourth-order valence-electron chi connectivity index (χ4n) is 2.92. The molecule has 0 unspecified atom stereocenters. The van der Waals surface area contributed by atoms with Gasteiger partial charge in [0, 0.05) is 33.0 Å². The second kappa shape index (κ2) is 9.81. The fourth-order valence-corrected chi connectivity index (χ4v) is 2.92. The van der Waals surface area contributed by atoms with Gasteiger partial charge in [-0.2, -0.15) is 0 Å². The number of carbonyl (C=O) groups is 5. The summed E-state index contributed by atoms with van der Waals surface area (Å²) in [5.74, 6) is -2.11. The Morgan fingerprint density at radius 3 is 2.24 bits per heavy atom. The Morgan fingerprint density at radius 1 is 1.03 bits per heavy atom. The molecule has 1 aliphatic rings. The number of hydrogen-bond donors (Lipinski definition) is 0. The van der Waals surface area contributed by atoms with Gasteiger partial charge in [0.1, 0.15) is 0 Å². The van der Waals surface area contributed by atoms with E-state index in [0.717, 1.165) is 4.90 Å². The Balaban J connectivity index is 1.94. The van der Waals surface area contributed by atoms with Gasteiger partial charge in [-0.05, 0) is 32.0 Å². The number of likely N-dealkylation sites (N-methyl/N-ethyl adjacent to an activating group) is 2. The van der Waals surface area contributed by atoms with E-state index in [-0.39, 0.29) is 42.7 Å². The number of anilines is 1. The van der Waals surface area contributed by atoms with Gasteiger partial charge in [-0.25, -0.2) is 4.79 Å². The number of nitrogens with zero attached hydrogens (tertiary/aromatic N) is 3. The van der Waals surface area contributed by atoms with Crippen molar-refractivity contribution in [1.82, 2.24) is 9.80 Å². The van der Waals surface area contributed by atoms with Crippen LogP contribution in [0.1, 0.15) is 37.0 Å². The average Bonchev–Trinajstić information content (AvgIpc) is 3.04. The van der Waals surface area contributed by atoms with Gasteiger partial charge in [0.05, 0.1) is 17.8 Å². The highest BCUT2D eigenvalue weighted by Crippen LogP contribution is 2.23. The molecule has 9 heteroatoms. The minimum Gasteiger partial charge on any atom is -0.452 e. The molecular formula is C20H25N3O6. The summed E-state index contributed by atoms with van der Waals surface area (Å²) in [5.41, 5.74) is 0.407. The number of rotatable bonds is 8. The third-order valence-corrected chi connectivity index (χ3v) is 4.63. The lowest BCUT2D eigenvalue weighted by atomic mass is 10.2. The zero-order chi connectivity index (χ0) is 21.6. The molecule has 9 nitrogen and oxygen atoms in total. The Morgan fingerprint density at radius 2 is 1.66 bits per heavy atom. The maximum Gasteiger partial charge on any atom is 0.338 e. The topological polar surface area (TPSA) is 104 Å². The number of esters is 1. The molecule has 0 aliphatic carbocycles. The fraction of sp³-hybridized carbons (Fsp3) is 0.450. The van der Waals surface area contributed by atoms with E-state index in [1.54, 1.807) is 11.0 Å². The third-order valence-electron chi connectivity index (χ3n) is 4.63. The van der Waals surface area contributed by atoms with E-state index in [2.05, 4.69) is 0 Å². The number of benzene rings is 1. The van der Waals surface area contributed by atoms with Crippen LogP contribution in [0.4, 0.5) is 5.69 Å². The molecule has 1 aliphatic heterocycles. The first-order valence-corrected chi connectivity index (χ1v) is 9.43. The molecule has 4 amide bonds. The van der Waals surface area contributed by atoms with E-state index in [1.807, 2.05) is 13.8 Å². The highest BCUT2D eigenvalue weighted by Gasteiger charge is 2.30. The molecule has 2 rings (SSSR count). The number of carbonyl (C=O) groups excluding carboxylic acids is 5. The minimum absolute atomic E-state index is 0.104. The lowest BCUT2D eigenvalue weighted by molar-refractivity contribution is -0.140. The van der Waals surface area contributed by atoms with Crippen LogP contribution < -0.4 is 4.90 Å². The molecule has 0 bridgehead atoms. The number of imide groups is 1. The largest absolute Gasteiger partial charge is 0.452 e. The summed E-state index contributed by atoms with van der Waals surface area (Å²) in [7, 11) is 1.46. The molecule has 1 aromatic rings. The smallest absolute Gasteiger partial charge is 0.338 e. The van der Waals surface area contributed by atoms with Crippen molar-refractivity contribution in [2.24, 2.45) is 0 Å². The van der Waals surface area contributed by atoms with Gasteiger partial charge in [-0.15, -0.1) is 0 Å². The van der Waals surface area contributed by atoms with Crippen LogP contribution in [0, 0.1) is 0 Å². The van der Waals surface area contributed by atoms with E-state index in [9.17, 15) is 24.0 Å². The standard InChI is InChI=1S/C20H25N3O6/c1-4-22(5-2)18(26)12-21(3)19(27)13-29-20(28)14-7-6-8-15(11-14)23-16(24)9-10-17(23)25/h6-8,11H,4-5,9-10,12-13H2,1-3H3. The lowest BCUT2D eigenvalue weighted by Crippen LogP contribution is -2.42. The molecule has 0 saturated carbocycles. The van der Waals surface area contributed by atoms with Crippen LogP contribution in [0.15, 0.2) is 24.3 Å². The third kappa shape index (κ3) is 5.40. The summed E-state index contributed by atoms with van der Waals surface area (Å²) in [4.78, 5) is 64.0. The normalized spacial score (nSPS) is 13.4. The van der Waals surface area contributed by atoms with Crippen molar-refractivity contribution >= 4 is 35.3 Å². The summed E-state index contributed by atoms with van der Waals surface area (Å²) < 4.78 is 5.03. The number of hydrogen-bond acceptors (Lipinski definition) is 6. The van der Waals surface area contributed by atoms with Gasteiger partial charge in [-0.1, -0.05) is 6.07 Å². The Bertz CT molecular complexity index is 802. The molecule has 0 spiro atoms. The number of ether oxygens (including phenoxy) is 1. The van der Waals surface area contributed by atoms with Gasteiger partial charge >= 0.3 is 5.97 Å². The van der Waals surface area contributed by atoms with Crippen LogP contribution in [-0.2, 0) is 23.9 Å². The molecule has 156 valence electrons. The van der Waals surface area contributed by atoms with E-state index < -0.39 is 18.5 Å². The zero-order valence-electron chi connectivity index (χ0n) is 16.8. The predicted molar refractivity (Wildman–Crippen MR) is 104 cm³/mol. The zero-order valence-corrected chi connectivity index (χ0v) is 16.8. The monoisotopic (exact) mass is 403 g/mol. The Labute approximate surface area is 169 Å². The van der Waals surface area contributed by atoms with Crippen LogP contribution in [0.2, 0.25) is 0 Å². The van der Waals surface area contributed by atoms with Crippen LogP contribution in [0.3, 0.4) is 0 Å². The van der Waals surface area contributed by atoms with Crippen molar-refractivity contribution in [3.05, 3.63) is 29.8 Å². The molecule has 0 radical (unpaired) electrons.